The van der Waals surface area contributed by atoms with Crippen molar-refractivity contribution in [2.75, 3.05) is 11.9 Å². The summed E-state index contributed by atoms with van der Waals surface area (Å²) in [6.45, 7) is 3.37. The number of nitrogens with one attached hydrogen (secondary N) is 2. The Kier molecular flexibility index (Phi) is 5.28. The highest BCUT2D eigenvalue weighted by atomic mass is 79.9. The molecule has 0 radical (unpaired) electrons. The predicted molar refractivity (Wildman–Crippen MR) is 79.7 cm³/mol. The highest BCUT2D eigenvalue weighted by Gasteiger charge is 2.08. The van der Waals surface area contributed by atoms with Crippen molar-refractivity contribution in [1.82, 2.24) is 25.0 Å². The third-order valence-corrected chi connectivity index (χ3v) is 3.62. The van der Waals surface area contributed by atoms with Crippen molar-refractivity contribution in [2.45, 2.75) is 32.7 Å². The molecule has 2 rings (SSSR count). The van der Waals surface area contributed by atoms with E-state index in [0.717, 1.165) is 18.7 Å². The van der Waals surface area contributed by atoms with Crippen molar-refractivity contribution < 1.29 is 0 Å². The van der Waals surface area contributed by atoms with Gasteiger partial charge in [0.25, 0.3) is 5.56 Å². The molecule has 2 aromatic rings. The summed E-state index contributed by atoms with van der Waals surface area (Å²) < 4.78 is 2.00. The molecule has 108 valence electrons. The van der Waals surface area contributed by atoms with E-state index in [1.165, 1.54) is 11.0 Å². The largest absolute Gasteiger partial charge is 0.382 e. The van der Waals surface area contributed by atoms with Gasteiger partial charge in [0.15, 0.2) is 0 Å². The molecule has 0 aromatic carbocycles. The number of nitrogens with zero attached hydrogens (tertiary/aromatic N) is 4. The molecule has 0 bridgehead atoms. The fourth-order valence-electron chi connectivity index (χ4n) is 1.72. The minimum absolute atomic E-state index is 0.108. The standard InChI is InChI=1S/C12H17BrN6O/c1-2-3-6-19-12(20)11(13)9(7-17-19)14-5-4-10-15-8-16-18-10/h7-8,14H,2-6H2,1H3,(H,15,16,18). The molecule has 0 atom stereocenters. The highest BCUT2D eigenvalue weighted by Crippen LogP contribution is 2.16. The van der Waals surface area contributed by atoms with E-state index < -0.39 is 0 Å². The van der Waals surface area contributed by atoms with Crippen LogP contribution >= 0.6 is 15.9 Å². The molecule has 0 amide bonds. The van der Waals surface area contributed by atoms with Crippen LogP contribution in [-0.4, -0.2) is 31.5 Å². The topological polar surface area (TPSA) is 88.5 Å². The second-order valence-corrected chi connectivity index (χ2v) is 5.16. The van der Waals surface area contributed by atoms with Crippen molar-refractivity contribution in [2.24, 2.45) is 0 Å². The molecule has 0 spiro atoms. The van der Waals surface area contributed by atoms with Crippen LogP contribution in [0, 0.1) is 0 Å². The monoisotopic (exact) mass is 340 g/mol. The van der Waals surface area contributed by atoms with Gasteiger partial charge in [-0.25, -0.2) is 9.67 Å². The van der Waals surface area contributed by atoms with Crippen LogP contribution in [0.5, 0.6) is 0 Å². The number of aryl methyl sites for hydroxylation is 1. The van der Waals surface area contributed by atoms with Crippen LogP contribution < -0.4 is 10.9 Å². The van der Waals surface area contributed by atoms with Gasteiger partial charge in [0.2, 0.25) is 0 Å². The van der Waals surface area contributed by atoms with Crippen LogP contribution in [0.25, 0.3) is 0 Å². The number of anilines is 1. The number of hydrogen-bond donors (Lipinski definition) is 2. The minimum Gasteiger partial charge on any atom is -0.382 e. The first-order valence-electron chi connectivity index (χ1n) is 6.56. The van der Waals surface area contributed by atoms with E-state index in [0.29, 0.717) is 29.7 Å². The number of H-pyrrole nitrogens is 1. The molecular formula is C12H17BrN6O. The van der Waals surface area contributed by atoms with Gasteiger partial charge < -0.3 is 5.32 Å². The smallest absolute Gasteiger partial charge is 0.283 e. The van der Waals surface area contributed by atoms with E-state index in [2.05, 4.69) is 48.5 Å². The molecule has 2 aromatic heterocycles. The predicted octanol–water partition coefficient (Wildman–Crippen LogP) is 1.58. The molecule has 0 fully saturated rings. The number of unbranched alkanes of at least 4 members (excludes halogenated alkanes) is 1. The number of aromatic nitrogens is 5. The van der Waals surface area contributed by atoms with E-state index in [1.54, 1.807) is 6.20 Å². The van der Waals surface area contributed by atoms with Crippen LogP contribution in [0.4, 0.5) is 5.69 Å². The van der Waals surface area contributed by atoms with Crippen molar-refractivity contribution in [3.05, 3.63) is 33.2 Å². The molecule has 0 aliphatic rings. The Labute approximate surface area is 124 Å². The summed E-state index contributed by atoms with van der Waals surface area (Å²) >= 11 is 3.33. The maximum Gasteiger partial charge on any atom is 0.283 e. The fourth-order valence-corrected chi connectivity index (χ4v) is 2.17. The molecule has 0 saturated heterocycles. The highest BCUT2D eigenvalue weighted by molar-refractivity contribution is 9.10. The minimum atomic E-state index is -0.108. The average molecular weight is 341 g/mol. The van der Waals surface area contributed by atoms with Gasteiger partial charge in [-0.1, -0.05) is 13.3 Å². The summed E-state index contributed by atoms with van der Waals surface area (Å²) in [7, 11) is 0. The maximum absolute atomic E-state index is 12.1. The number of rotatable bonds is 7. The maximum atomic E-state index is 12.1. The summed E-state index contributed by atoms with van der Waals surface area (Å²) in [5.41, 5.74) is 0.588. The average Bonchev–Trinajstić information content (AvgIpc) is 2.96. The Hall–Kier alpha value is -1.70. The van der Waals surface area contributed by atoms with Crippen molar-refractivity contribution in [3.63, 3.8) is 0 Å². The van der Waals surface area contributed by atoms with E-state index >= 15 is 0 Å². The Balaban J connectivity index is 1.98. The lowest BCUT2D eigenvalue weighted by atomic mass is 10.3. The zero-order valence-electron chi connectivity index (χ0n) is 11.3. The molecule has 0 saturated carbocycles. The first kappa shape index (κ1) is 14.7. The number of aromatic amines is 1. The molecule has 2 N–H and O–H groups in total. The van der Waals surface area contributed by atoms with E-state index in [4.69, 9.17) is 0 Å². The first-order chi connectivity index (χ1) is 9.72. The third kappa shape index (κ3) is 3.66. The van der Waals surface area contributed by atoms with Crippen molar-refractivity contribution in [3.8, 4) is 0 Å². The lowest BCUT2D eigenvalue weighted by molar-refractivity contribution is 0.541. The van der Waals surface area contributed by atoms with E-state index in [-0.39, 0.29) is 5.56 Å². The van der Waals surface area contributed by atoms with Crippen LogP contribution in [0.1, 0.15) is 25.6 Å². The summed E-state index contributed by atoms with van der Waals surface area (Å²) in [4.78, 5) is 16.1. The fraction of sp³-hybridized carbons (Fsp3) is 0.500. The van der Waals surface area contributed by atoms with Gasteiger partial charge in [-0.3, -0.25) is 9.89 Å². The third-order valence-electron chi connectivity index (χ3n) is 2.85. The Morgan fingerprint density at radius 1 is 1.50 bits per heavy atom. The first-order valence-corrected chi connectivity index (χ1v) is 7.35. The number of hydrogen-bond acceptors (Lipinski definition) is 5. The van der Waals surface area contributed by atoms with Crippen LogP contribution in [0.2, 0.25) is 0 Å². The summed E-state index contributed by atoms with van der Waals surface area (Å²) in [5.74, 6) is 0.804. The van der Waals surface area contributed by atoms with Crippen LogP contribution in [0.15, 0.2) is 21.8 Å². The lowest BCUT2D eigenvalue weighted by Gasteiger charge is -2.09. The zero-order chi connectivity index (χ0) is 14.4. The SMILES string of the molecule is CCCCn1ncc(NCCc2ncn[nH]2)c(Br)c1=O. The van der Waals surface area contributed by atoms with Gasteiger partial charge in [-0.05, 0) is 22.4 Å². The molecule has 8 heteroatoms. The van der Waals surface area contributed by atoms with Crippen molar-refractivity contribution >= 4 is 21.6 Å². The molecule has 0 aliphatic carbocycles. The molecule has 20 heavy (non-hydrogen) atoms. The molecular weight excluding hydrogens is 324 g/mol. The van der Waals surface area contributed by atoms with Crippen LogP contribution in [0.3, 0.4) is 0 Å². The van der Waals surface area contributed by atoms with Gasteiger partial charge >= 0.3 is 0 Å². The van der Waals surface area contributed by atoms with E-state index in [9.17, 15) is 4.79 Å². The van der Waals surface area contributed by atoms with Gasteiger partial charge in [0.05, 0.1) is 11.9 Å². The van der Waals surface area contributed by atoms with E-state index in [1.807, 2.05) is 0 Å². The van der Waals surface area contributed by atoms with Crippen LogP contribution in [-0.2, 0) is 13.0 Å². The Bertz CT molecular complexity index is 594. The van der Waals surface area contributed by atoms with Gasteiger partial charge in [0, 0.05) is 19.5 Å². The summed E-state index contributed by atoms with van der Waals surface area (Å²) in [5, 5.41) is 13.9. The normalized spacial score (nSPS) is 10.7. The zero-order valence-corrected chi connectivity index (χ0v) is 12.9. The number of halogens is 1. The lowest BCUT2D eigenvalue weighted by Crippen LogP contribution is -2.25. The second-order valence-electron chi connectivity index (χ2n) is 4.36. The molecule has 0 aliphatic heterocycles. The Morgan fingerprint density at radius 2 is 2.35 bits per heavy atom. The molecule has 0 unspecified atom stereocenters. The summed E-state index contributed by atoms with van der Waals surface area (Å²) in [6, 6.07) is 0. The summed E-state index contributed by atoms with van der Waals surface area (Å²) in [6.07, 6.45) is 5.81. The quantitative estimate of drug-likeness (QED) is 0.798. The van der Waals surface area contributed by atoms with Gasteiger partial charge in [-0.2, -0.15) is 10.2 Å². The molecule has 7 nitrogen and oxygen atoms in total. The van der Waals surface area contributed by atoms with Gasteiger partial charge in [0.1, 0.15) is 16.6 Å². The van der Waals surface area contributed by atoms with Crippen molar-refractivity contribution in [1.29, 1.82) is 0 Å². The second kappa shape index (κ2) is 7.18. The van der Waals surface area contributed by atoms with Gasteiger partial charge in [-0.15, -0.1) is 0 Å². The molecule has 2 heterocycles. The Morgan fingerprint density at radius 3 is 3.05 bits per heavy atom.